The first-order valence-electron chi connectivity index (χ1n) is 6.08. The number of nitrogen functional groups attached to an aromatic ring is 1. The van der Waals surface area contributed by atoms with E-state index in [-0.39, 0.29) is 6.42 Å². The van der Waals surface area contributed by atoms with Crippen LogP contribution in [-0.4, -0.2) is 9.38 Å². The second-order valence-electron chi connectivity index (χ2n) is 4.44. The lowest BCUT2D eigenvalue weighted by Crippen LogP contribution is -1.93. The van der Waals surface area contributed by atoms with E-state index in [9.17, 15) is 0 Å². The molecular formula is C15H11ClN4. The number of hydrogen-bond donors (Lipinski definition) is 1. The summed E-state index contributed by atoms with van der Waals surface area (Å²) in [7, 11) is 0. The van der Waals surface area contributed by atoms with Gasteiger partial charge in [-0.15, -0.1) is 0 Å². The van der Waals surface area contributed by atoms with Crippen LogP contribution in [0, 0.1) is 11.3 Å². The highest BCUT2D eigenvalue weighted by Crippen LogP contribution is 2.27. The van der Waals surface area contributed by atoms with Crippen LogP contribution in [0.4, 0.5) is 5.69 Å². The van der Waals surface area contributed by atoms with Crippen molar-refractivity contribution in [2.24, 2.45) is 0 Å². The third-order valence-corrected chi connectivity index (χ3v) is 3.33. The van der Waals surface area contributed by atoms with Crippen LogP contribution >= 0.6 is 11.6 Å². The molecule has 4 nitrogen and oxygen atoms in total. The maximum Gasteiger partial charge on any atom is 0.139 e. The topological polar surface area (TPSA) is 67.1 Å². The number of benzene rings is 1. The molecule has 0 atom stereocenters. The lowest BCUT2D eigenvalue weighted by Gasteiger charge is -2.02. The van der Waals surface area contributed by atoms with Gasteiger partial charge in [0.15, 0.2) is 0 Å². The second-order valence-corrected chi connectivity index (χ2v) is 4.88. The maximum atomic E-state index is 9.04. The number of imidazole rings is 1. The van der Waals surface area contributed by atoms with Crippen molar-refractivity contribution in [1.82, 2.24) is 9.38 Å². The fraction of sp³-hybridized carbons (Fsp3) is 0.0667. The molecule has 0 aliphatic rings. The van der Waals surface area contributed by atoms with Gasteiger partial charge in [-0.25, -0.2) is 4.98 Å². The Bertz CT molecular complexity index is 829. The summed E-state index contributed by atoms with van der Waals surface area (Å²) in [6.07, 6.45) is 2.10. The van der Waals surface area contributed by atoms with Gasteiger partial charge in [0.05, 0.1) is 23.9 Å². The van der Waals surface area contributed by atoms with Crippen molar-refractivity contribution in [2.45, 2.75) is 6.42 Å². The highest BCUT2D eigenvalue weighted by atomic mass is 35.5. The molecule has 0 fully saturated rings. The fourth-order valence-corrected chi connectivity index (χ4v) is 2.39. The molecule has 2 heterocycles. The van der Waals surface area contributed by atoms with Crippen molar-refractivity contribution in [3.63, 3.8) is 0 Å². The molecule has 1 aromatic carbocycles. The number of anilines is 1. The number of pyridine rings is 1. The third kappa shape index (κ3) is 2.09. The first-order chi connectivity index (χ1) is 9.69. The van der Waals surface area contributed by atoms with Crippen molar-refractivity contribution in [1.29, 1.82) is 5.26 Å². The number of nitrogens with zero attached hydrogens (tertiary/aromatic N) is 3. The molecule has 3 rings (SSSR count). The molecule has 0 saturated heterocycles. The SMILES string of the molecule is N#CCc1c(-c2cccc(N)c2)nc2cc(Cl)ccn12. The van der Waals surface area contributed by atoms with Crippen LogP contribution in [0.25, 0.3) is 16.9 Å². The van der Waals surface area contributed by atoms with Gasteiger partial charge < -0.3 is 10.1 Å². The molecule has 0 spiro atoms. The van der Waals surface area contributed by atoms with Crippen LogP contribution in [-0.2, 0) is 6.42 Å². The van der Waals surface area contributed by atoms with Crippen LogP contribution in [0.3, 0.4) is 0 Å². The minimum atomic E-state index is 0.271. The summed E-state index contributed by atoms with van der Waals surface area (Å²) < 4.78 is 1.88. The average Bonchev–Trinajstić information content (AvgIpc) is 2.77. The van der Waals surface area contributed by atoms with E-state index in [1.807, 2.05) is 34.9 Å². The Morgan fingerprint density at radius 1 is 1.30 bits per heavy atom. The van der Waals surface area contributed by atoms with E-state index in [1.54, 1.807) is 12.1 Å². The maximum absolute atomic E-state index is 9.04. The largest absolute Gasteiger partial charge is 0.399 e. The molecule has 0 bridgehead atoms. The van der Waals surface area contributed by atoms with Crippen molar-refractivity contribution in [3.05, 3.63) is 53.3 Å². The van der Waals surface area contributed by atoms with Crippen LogP contribution in [0.1, 0.15) is 5.69 Å². The summed E-state index contributed by atoms with van der Waals surface area (Å²) >= 11 is 5.99. The molecule has 0 amide bonds. The smallest absolute Gasteiger partial charge is 0.139 e. The van der Waals surface area contributed by atoms with Crippen molar-refractivity contribution in [3.8, 4) is 17.3 Å². The van der Waals surface area contributed by atoms with Crippen LogP contribution in [0.5, 0.6) is 0 Å². The number of rotatable bonds is 2. The number of nitriles is 1. The summed E-state index contributed by atoms with van der Waals surface area (Å²) in [5.74, 6) is 0. The molecule has 0 aliphatic heterocycles. The van der Waals surface area contributed by atoms with Gasteiger partial charge in [0.25, 0.3) is 0 Å². The van der Waals surface area contributed by atoms with Gasteiger partial charge >= 0.3 is 0 Å². The predicted octanol–water partition coefficient (Wildman–Crippen LogP) is 3.30. The van der Waals surface area contributed by atoms with Crippen LogP contribution in [0.15, 0.2) is 42.6 Å². The van der Waals surface area contributed by atoms with Crippen molar-refractivity contribution >= 4 is 22.9 Å². The van der Waals surface area contributed by atoms with Gasteiger partial charge in [0.1, 0.15) is 5.65 Å². The van der Waals surface area contributed by atoms with Gasteiger partial charge in [-0.05, 0) is 18.2 Å². The molecule has 2 aromatic heterocycles. The number of nitrogens with two attached hydrogens (primary N) is 1. The number of fused-ring (bicyclic) bond motifs is 1. The number of hydrogen-bond acceptors (Lipinski definition) is 3. The molecule has 20 heavy (non-hydrogen) atoms. The van der Waals surface area contributed by atoms with E-state index in [1.165, 1.54) is 0 Å². The molecule has 3 aromatic rings. The molecular weight excluding hydrogens is 272 g/mol. The Balaban J connectivity index is 2.29. The van der Waals surface area contributed by atoms with E-state index < -0.39 is 0 Å². The summed E-state index contributed by atoms with van der Waals surface area (Å²) in [4.78, 5) is 4.58. The molecule has 5 heteroatoms. The lowest BCUT2D eigenvalue weighted by atomic mass is 10.1. The van der Waals surface area contributed by atoms with E-state index in [0.29, 0.717) is 10.7 Å². The Kier molecular flexibility index (Phi) is 3.05. The molecule has 0 radical (unpaired) electrons. The molecule has 0 aliphatic carbocycles. The zero-order chi connectivity index (χ0) is 14.1. The third-order valence-electron chi connectivity index (χ3n) is 3.09. The first kappa shape index (κ1) is 12.5. The quantitative estimate of drug-likeness (QED) is 0.733. The summed E-state index contributed by atoms with van der Waals surface area (Å²) in [6.45, 7) is 0. The highest BCUT2D eigenvalue weighted by Gasteiger charge is 2.14. The number of aromatic nitrogens is 2. The van der Waals surface area contributed by atoms with Gasteiger partial charge in [-0.1, -0.05) is 23.7 Å². The Morgan fingerprint density at radius 3 is 2.90 bits per heavy atom. The Morgan fingerprint density at radius 2 is 2.15 bits per heavy atom. The lowest BCUT2D eigenvalue weighted by molar-refractivity contribution is 1.06. The van der Waals surface area contributed by atoms with Gasteiger partial charge in [-0.2, -0.15) is 5.26 Å². The molecule has 98 valence electrons. The normalized spacial score (nSPS) is 10.6. The molecule has 2 N–H and O–H groups in total. The Labute approximate surface area is 121 Å². The minimum absolute atomic E-state index is 0.271. The number of halogens is 1. The second kappa shape index (κ2) is 4.87. The standard InChI is InChI=1S/C15H11ClN4/c16-11-5-7-20-13(4-6-17)15(19-14(20)9-11)10-2-1-3-12(18)8-10/h1-3,5,7-9H,4,18H2. The van der Waals surface area contributed by atoms with Gasteiger partial charge in [-0.3, -0.25) is 0 Å². The van der Waals surface area contributed by atoms with Gasteiger partial charge in [0, 0.05) is 28.5 Å². The van der Waals surface area contributed by atoms with E-state index >= 15 is 0 Å². The summed E-state index contributed by atoms with van der Waals surface area (Å²) in [5, 5.41) is 9.65. The van der Waals surface area contributed by atoms with Crippen LogP contribution < -0.4 is 5.73 Å². The Hall–Kier alpha value is -2.51. The van der Waals surface area contributed by atoms with E-state index in [2.05, 4.69) is 11.1 Å². The molecule has 0 unspecified atom stereocenters. The summed E-state index contributed by atoms with van der Waals surface area (Å²) in [6, 6.07) is 13.2. The van der Waals surface area contributed by atoms with Crippen molar-refractivity contribution in [2.75, 3.05) is 5.73 Å². The average molecular weight is 283 g/mol. The highest BCUT2D eigenvalue weighted by molar-refractivity contribution is 6.30. The summed E-state index contributed by atoms with van der Waals surface area (Å²) in [5.41, 5.74) is 9.71. The van der Waals surface area contributed by atoms with Crippen LogP contribution in [0.2, 0.25) is 5.02 Å². The van der Waals surface area contributed by atoms with Crippen molar-refractivity contribution < 1.29 is 0 Å². The zero-order valence-electron chi connectivity index (χ0n) is 10.5. The molecule has 0 saturated carbocycles. The minimum Gasteiger partial charge on any atom is -0.399 e. The van der Waals surface area contributed by atoms with E-state index in [4.69, 9.17) is 22.6 Å². The van der Waals surface area contributed by atoms with E-state index in [0.717, 1.165) is 22.6 Å². The first-order valence-corrected chi connectivity index (χ1v) is 6.46. The van der Waals surface area contributed by atoms with Gasteiger partial charge in [0.2, 0.25) is 0 Å². The fourth-order valence-electron chi connectivity index (χ4n) is 2.23. The predicted molar refractivity (Wildman–Crippen MR) is 79.4 cm³/mol. The monoisotopic (exact) mass is 282 g/mol. The zero-order valence-corrected chi connectivity index (χ0v) is 11.3.